The molecule has 1 aromatic rings. The lowest BCUT2D eigenvalue weighted by atomic mass is 10.2. The molecule has 1 aliphatic rings. The average Bonchev–Trinajstić information content (AvgIpc) is 2.09. The second-order valence-electron chi connectivity index (χ2n) is 3.69. The molecule has 1 saturated heterocycles. The average molecular weight is 232 g/mol. The molecular weight excluding hydrogens is 221 g/mol. The van der Waals surface area contributed by atoms with Gasteiger partial charge in [-0.3, -0.25) is 0 Å². The quantitative estimate of drug-likeness (QED) is 0.815. The van der Waals surface area contributed by atoms with Gasteiger partial charge in [-0.1, -0.05) is 0 Å². The van der Waals surface area contributed by atoms with Crippen LogP contribution in [0.25, 0.3) is 0 Å². The summed E-state index contributed by atoms with van der Waals surface area (Å²) < 4.78 is 36.4. The Morgan fingerprint density at radius 1 is 1.38 bits per heavy atom. The van der Waals surface area contributed by atoms with Gasteiger partial charge in [-0.25, -0.2) is 9.97 Å². The summed E-state index contributed by atoms with van der Waals surface area (Å²) in [6, 6.07) is 1.58. The predicted molar refractivity (Wildman–Crippen MR) is 52.1 cm³/mol. The first-order valence-corrected chi connectivity index (χ1v) is 4.88. The van der Waals surface area contributed by atoms with Crippen molar-refractivity contribution in [1.82, 2.24) is 15.3 Å². The summed E-state index contributed by atoms with van der Waals surface area (Å²) in [6.45, 7) is 1.61. The van der Waals surface area contributed by atoms with Crippen LogP contribution in [0.3, 0.4) is 0 Å². The van der Waals surface area contributed by atoms with Crippen molar-refractivity contribution in [3.05, 3.63) is 18.1 Å². The Labute approximate surface area is 90.3 Å². The highest BCUT2D eigenvalue weighted by atomic mass is 19.4. The fourth-order valence-corrected chi connectivity index (χ4v) is 1.38. The molecule has 0 bridgehead atoms. The molecule has 88 valence electrons. The molecule has 0 spiro atoms. The van der Waals surface area contributed by atoms with E-state index in [0.717, 1.165) is 19.4 Å². The molecule has 0 saturated carbocycles. The van der Waals surface area contributed by atoms with Gasteiger partial charge in [-0.2, -0.15) is 13.2 Å². The third-order valence-electron chi connectivity index (χ3n) is 2.24. The number of halogens is 3. The van der Waals surface area contributed by atoms with Crippen LogP contribution in [0.1, 0.15) is 5.69 Å². The van der Waals surface area contributed by atoms with Crippen LogP contribution in [-0.4, -0.2) is 35.3 Å². The molecule has 1 aliphatic heterocycles. The zero-order chi connectivity index (χ0) is 11.6. The first kappa shape index (κ1) is 11.1. The molecule has 0 radical (unpaired) electrons. The van der Waals surface area contributed by atoms with Crippen LogP contribution in [0.2, 0.25) is 0 Å². The first-order chi connectivity index (χ1) is 7.53. The van der Waals surface area contributed by atoms with Crippen molar-refractivity contribution in [2.75, 3.05) is 18.4 Å². The summed E-state index contributed by atoms with van der Waals surface area (Å²) in [5.41, 5.74) is -0.0164. The lowest BCUT2D eigenvalue weighted by Crippen LogP contribution is -2.51. The van der Waals surface area contributed by atoms with Gasteiger partial charge in [0.25, 0.3) is 0 Å². The number of hydrogen-bond donors (Lipinski definition) is 2. The van der Waals surface area contributed by atoms with E-state index in [9.17, 15) is 13.2 Å². The minimum Gasteiger partial charge on any atom is -0.365 e. The molecule has 7 heteroatoms. The van der Waals surface area contributed by atoms with Crippen LogP contribution in [0.4, 0.5) is 19.0 Å². The van der Waals surface area contributed by atoms with Gasteiger partial charge in [0.1, 0.15) is 12.1 Å². The summed E-state index contributed by atoms with van der Waals surface area (Å²) in [7, 11) is 0. The van der Waals surface area contributed by atoms with Crippen molar-refractivity contribution in [2.45, 2.75) is 18.6 Å². The normalized spacial score (nSPS) is 16.9. The van der Waals surface area contributed by atoms with Crippen molar-refractivity contribution < 1.29 is 13.2 Å². The molecule has 1 fully saturated rings. The Kier molecular flexibility index (Phi) is 2.95. The molecule has 2 N–H and O–H groups in total. The van der Waals surface area contributed by atoms with E-state index in [0.29, 0.717) is 5.82 Å². The van der Waals surface area contributed by atoms with Gasteiger partial charge in [0.05, 0.1) is 18.2 Å². The number of nitrogens with one attached hydrogen (secondary N) is 2. The molecule has 4 nitrogen and oxygen atoms in total. The Morgan fingerprint density at radius 2 is 2.12 bits per heavy atom. The number of aromatic nitrogens is 2. The summed E-state index contributed by atoms with van der Waals surface area (Å²) in [4.78, 5) is 7.46. The monoisotopic (exact) mass is 232 g/mol. The molecule has 0 aromatic carbocycles. The number of anilines is 1. The van der Waals surface area contributed by atoms with Crippen LogP contribution in [-0.2, 0) is 6.42 Å². The fourth-order valence-electron chi connectivity index (χ4n) is 1.38. The molecule has 2 heterocycles. The van der Waals surface area contributed by atoms with Crippen LogP contribution in [0.5, 0.6) is 0 Å². The molecule has 0 amide bonds. The van der Waals surface area contributed by atoms with E-state index >= 15 is 0 Å². The van der Waals surface area contributed by atoms with Crippen molar-refractivity contribution in [1.29, 1.82) is 0 Å². The third-order valence-corrected chi connectivity index (χ3v) is 2.24. The van der Waals surface area contributed by atoms with Gasteiger partial charge in [0.15, 0.2) is 0 Å². The van der Waals surface area contributed by atoms with Crippen molar-refractivity contribution in [2.24, 2.45) is 0 Å². The second kappa shape index (κ2) is 4.25. The second-order valence-corrected chi connectivity index (χ2v) is 3.69. The number of alkyl halides is 3. The summed E-state index contributed by atoms with van der Waals surface area (Å²) in [5.74, 6) is 0.445. The largest absolute Gasteiger partial charge is 0.394 e. The maximum Gasteiger partial charge on any atom is 0.394 e. The minimum atomic E-state index is -4.23. The minimum absolute atomic E-state index is 0.0164. The van der Waals surface area contributed by atoms with E-state index in [1.54, 1.807) is 0 Å². The van der Waals surface area contributed by atoms with Gasteiger partial charge < -0.3 is 10.6 Å². The Balaban J connectivity index is 2.00. The third kappa shape index (κ3) is 3.06. The van der Waals surface area contributed by atoms with Gasteiger partial charge in [-0.05, 0) is 0 Å². The van der Waals surface area contributed by atoms with Crippen LogP contribution in [0.15, 0.2) is 12.4 Å². The maximum atomic E-state index is 12.1. The molecule has 0 atom stereocenters. The smallest absolute Gasteiger partial charge is 0.365 e. The standard InChI is InChI=1S/C9H11F3N4/c10-9(11,12)2-6-1-8(15-5-14-6)16-7-3-13-4-7/h1,5,7,13H,2-4H2,(H,14,15,16). The van der Waals surface area contributed by atoms with Crippen molar-refractivity contribution in [3.8, 4) is 0 Å². The number of rotatable bonds is 3. The summed E-state index contributed by atoms with van der Waals surface area (Å²) in [6.07, 6.45) is -4.10. The zero-order valence-corrected chi connectivity index (χ0v) is 8.38. The van der Waals surface area contributed by atoms with E-state index in [1.165, 1.54) is 6.07 Å². The van der Waals surface area contributed by atoms with Gasteiger partial charge in [0.2, 0.25) is 0 Å². The SMILES string of the molecule is FC(F)(F)Cc1cc(NC2CNC2)ncn1. The van der Waals surface area contributed by atoms with Gasteiger partial charge in [-0.15, -0.1) is 0 Å². The van der Waals surface area contributed by atoms with Gasteiger partial charge >= 0.3 is 6.18 Å². The van der Waals surface area contributed by atoms with E-state index < -0.39 is 12.6 Å². The highest BCUT2D eigenvalue weighted by molar-refractivity contribution is 5.37. The topological polar surface area (TPSA) is 49.8 Å². The highest BCUT2D eigenvalue weighted by Crippen LogP contribution is 2.20. The number of nitrogens with zero attached hydrogens (tertiary/aromatic N) is 2. The summed E-state index contributed by atoms with van der Waals surface area (Å²) in [5, 5.41) is 6.07. The van der Waals surface area contributed by atoms with Gasteiger partial charge in [0, 0.05) is 19.2 Å². The Hall–Kier alpha value is -1.37. The molecule has 2 rings (SSSR count). The lowest BCUT2D eigenvalue weighted by molar-refractivity contribution is -0.127. The van der Waals surface area contributed by atoms with Crippen LogP contribution in [0, 0.1) is 0 Å². The molecular formula is C9H11F3N4. The fraction of sp³-hybridized carbons (Fsp3) is 0.556. The van der Waals surface area contributed by atoms with E-state index in [-0.39, 0.29) is 11.7 Å². The maximum absolute atomic E-state index is 12.1. The van der Waals surface area contributed by atoms with E-state index in [1.807, 2.05) is 0 Å². The van der Waals surface area contributed by atoms with Crippen LogP contribution >= 0.6 is 0 Å². The van der Waals surface area contributed by atoms with Crippen molar-refractivity contribution in [3.63, 3.8) is 0 Å². The summed E-state index contributed by atoms with van der Waals surface area (Å²) >= 11 is 0. The highest BCUT2D eigenvalue weighted by Gasteiger charge is 2.28. The Bertz CT molecular complexity index is 362. The lowest BCUT2D eigenvalue weighted by Gasteiger charge is -2.28. The van der Waals surface area contributed by atoms with E-state index in [4.69, 9.17) is 0 Å². The van der Waals surface area contributed by atoms with Crippen molar-refractivity contribution >= 4 is 5.82 Å². The predicted octanol–water partition coefficient (Wildman–Crippen LogP) is 0.965. The molecule has 1 aromatic heterocycles. The molecule has 0 aliphatic carbocycles. The van der Waals surface area contributed by atoms with Crippen LogP contribution < -0.4 is 10.6 Å². The zero-order valence-electron chi connectivity index (χ0n) is 8.38. The molecule has 0 unspecified atom stereocenters. The first-order valence-electron chi connectivity index (χ1n) is 4.88. The van der Waals surface area contributed by atoms with E-state index in [2.05, 4.69) is 20.6 Å². The number of hydrogen-bond acceptors (Lipinski definition) is 4. The molecule has 16 heavy (non-hydrogen) atoms. The Morgan fingerprint density at radius 3 is 2.69 bits per heavy atom.